The van der Waals surface area contributed by atoms with Gasteiger partial charge in [-0.05, 0) is 47.2 Å². The molecule has 1 aromatic rings. The molecular weight excluding hydrogens is 329 g/mol. The first-order valence-electron chi connectivity index (χ1n) is 5.97. The molecule has 0 amide bonds. The Hall–Kier alpha value is -0.330. The molecule has 0 saturated heterocycles. The van der Waals surface area contributed by atoms with Crippen LogP contribution in [0.4, 0.5) is 5.69 Å². The molecule has 17 heavy (non-hydrogen) atoms. The summed E-state index contributed by atoms with van der Waals surface area (Å²) < 4.78 is 6.54. The third-order valence-electron chi connectivity index (χ3n) is 2.32. The quantitative estimate of drug-likeness (QED) is 0.560. The number of aliphatic hydroxyl groups excluding tert-OH is 1. The number of ether oxygens (including phenoxy) is 1. The van der Waals surface area contributed by atoms with Crippen LogP contribution in [-0.2, 0) is 4.74 Å². The first kappa shape index (κ1) is 14.7. The normalized spacial score (nSPS) is 12.4. The molecule has 0 heterocycles. The van der Waals surface area contributed by atoms with Crippen LogP contribution in [0.15, 0.2) is 24.3 Å². The van der Waals surface area contributed by atoms with Gasteiger partial charge in [0, 0.05) is 22.4 Å². The first-order chi connectivity index (χ1) is 8.22. The van der Waals surface area contributed by atoms with Gasteiger partial charge in [-0.25, -0.2) is 0 Å². The summed E-state index contributed by atoms with van der Waals surface area (Å²) in [5.74, 6) is 0. The van der Waals surface area contributed by atoms with Crippen molar-refractivity contribution < 1.29 is 9.84 Å². The largest absolute Gasteiger partial charge is 0.389 e. The zero-order valence-electron chi connectivity index (χ0n) is 10.2. The van der Waals surface area contributed by atoms with Crippen molar-refractivity contribution in [2.75, 3.05) is 25.1 Å². The van der Waals surface area contributed by atoms with Crippen LogP contribution in [-0.4, -0.2) is 31.0 Å². The van der Waals surface area contributed by atoms with E-state index in [-0.39, 0.29) is 0 Å². The van der Waals surface area contributed by atoms with Gasteiger partial charge in [-0.1, -0.05) is 19.4 Å². The molecule has 1 rings (SSSR count). The number of nitrogens with one attached hydrogen (secondary N) is 1. The molecule has 0 saturated carbocycles. The van der Waals surface area contributed by atoms with E-state index in [4.69, 9.17) is 4.74 Å². The third-order valence-corrected chi connectivity index (χ3v) is 2.99. The zero-order valence-corrected chi connectivity index (χ0v) is 12.3. The molecule has 0 aliphatic carbocycles. The van der Waals surface area contributed by atoms with Crippen molar-refractivity contribution in [3.05, 3.63) is 27.8 Å². The highest BCUT2D eigenvalue weighted by Crippen LogP contribution is 2.12. The standard InChI is InChI=1S/C13H20INO2/c1-2-3-7-17-10-13(16)9-15-12-6-4-5-11(14)8-12/h4-6,8,13,15-16H,2-3,7,9-10H2,1H3. The summed E-state index contributed by atoms with van der Waals surface area (Å²) in [4.78, 5) is 0. The minimum Gasteiger partial charge on any atom is -0.389 e. The molecule has 1 atom stereocenters. The van der Waals surface area contributed by atoms with E-state index in [9.17, 15) is 5.11 Å². The number of halogens is 1. The number of rotatable bonds is 8. The molecule has 3 nitrogen and oxygen atoms in total. The molecule has 96 valence electrons. The lowest BCUT2D eigenvalue weighted by atomic mass is 10.3. The summed E-state index contributed by atoms with van der Waals surface area (Å²) in [6, 6.07) is 8.07. The van der Waals surface area contributed by atoms with Crippen LogP contribution in [0.2, 0.25) is 0 Å². The van der Waals surface area contributed by atoms with Crippen molar-refractivity contribution in [3.63, 3.8) is 0 Å². The molecular formula is C13H20INO2. The van der Waals surface area contributed by atoms with Crippen LogP contribution < -0.4 is 5.32 Å². The highest BCUT2D eigenvalue weighted by atomic mass is 127. The third kappa shape index (κ3) is 6.85. The van der Waals surface area contributed by atoms with Crippen LogP contribution >= 0.6 is 22.6 Å². The molecule has 2 N–H and O–H groups in total. The van der Waals surface area contributed by atoms with Crippen LogP contribution in [0.25, 0.3) is 0 Å². The SMILES string of the molecule is CCCCOCC(O)CNc1cccc(I)c1. The summed E-state index contributed by atoms with van der Waals surface area (Å²) in [7, 11) is 0. The van der Waals surface area contributed by atoms with Gasteiger partial charge in [-0.2, -0.15) is 0 Å². The van der Waals surface area contributed by atoms with Crippen molar-refractivity contribution in [3.8, 4) is 0 Å². The molecule has 0 bridgehead atoms. The van der Waals surface area contributed by atoms with E-state index in [1.54, 1.807) is 0 Å². The second kappa shape index (κ2) is 8.72. The molecule has 0 fully saturated rings. The number of unbranched alkanes of at least 4 members (excludes halogenated alkanes) is 1. The van der Waals surface area contributed by atoms with Crippen LogP contribution in [0.1, 0.15) is 19.8 Å². The van der Waals surface area contributed by atoms with E-state index in [1.807, 2.05) is 24.3 Å². The summed E-state index contributed by atoms with van der Waals surface area (Å²) in [5.41, 5.74) is 1.03. The fourth-order valence-corrected chi connectivity index (χ4v) is 1.90. The molecule has 0 radical (unpaired) electrons. The fourth-order valence-electron chi connectivity index (χ4n) is 1.36. The van der Waals surface area contributed by atoms with E-state index in [0.29, 0.717) is 13.2 Å². The minimum absolute atomic E-state index is 0.400. The van der Waals surface area contributed by atoms with Gasteiger partial charge in [0.25, 0.3) is 0 Å². The minimum atomic E-state index is -0.454. The Bertz CT molecular complexity index is 320. The smallest absolute Gasteiger partial charge is 0.0945 e. The summed E-state index contributed by atoms with van der Waals surface area (Å²) >= 11 is 2.27. The van der Waals surface area contributed by atoms with Crippen molar-refractivity contribution in [2.45, 2.75) is 25.9 Å². The number of aliphatic hydroxyl groups is 1. The Morgan fingerprint density at radius 1 is 1.47 bits per heavy atom. The number of hydrogen-bond acceptors (Lipinski definition) is 3. The molecule has 1 unspecified atom stereocenters. The van der Waals surface area contributed by atoms with Gasteiger partial charge in [0.05, 0.1) is 12.7 Å². The predicted octanol–water partition coefficient (Wildman–Crippen LogP) is 2.88. The van der Waals surface area contributed by atoms with E-state index in [2.05, 4.69) is 34.8 Å². The second-order valence-corrected chi connectivity index (χ2v) is 5.22. The van der Waals surface area contributed by atoms with Gasteiger partial charge < -0.3 is 15.2 Å². The van der Waals surface area contributed by atoms with E-state index in [0.717, 1.165) is 25.1 Å². The number of anilines is 1. The van der Waals surface area contributed by atoms with Crippen molar-refractivity contribution in [1.29, 1.82) is 0 Å². The molecule has 1 aromatic carbocycles. The Labute approximate surface area is 117 Å². The van der Waals surface area contributed by atoms with Gasteiger partial charge in [0.2, 0.25) is 0 Å². The van der Waals surface area contributed by atoms with Crippen molar-refractivity contribution in [1.82, 2.24) is 0 Å². The number of benzene rings is 1. The highest BCUT2D eigenvalue weighted by molar-refractivity contribution is 14.1. The van der Waals surface area contributed by atoms with E-state index < -0.39 is 6.10 Å². The Kier molecular flexibility index (Phi) is 7.55. The van der Waals surface area contributed by atoms with Crippen LogP contribution in [0.5, 0.6) is 0 Å². The topological polar surface area (TPSA) is 41.5 Å². The Balaban J connectivity index is 2.17. The van der Waals surface area contributed by atoms with Crippen molar-refractivity contribution >= 4 is 28.3 Å². The molecule has 0 aromatic heterocycles. The molecule has 0 aliphatic heterocycles. The van der Waals surface area contributed by atoms with Gasteiger partial charge in [-0.15, -0.1) is 0 Å². The Morgan fingerprint density at radius 2 is 2.29 bits per heavy atom. The summed E-state index contributed by atoms with van der Waals surface area (Å²) in [5, 5.41) is 12.9. The molecule has 4 heteroatoms. The van der Waals surface area contributed by atoms with Gasteiger partial charge in [-0.3, -0.25) is 0 Å². The summed E-state index contributed by atoms with van der Waals surface area (Å²) in [6.45, 7) is 3.78. The van der Waals surface area contributed by atoms with Crippen molar-refractivity contribution in [2.24, 2.45) is 0 Å². The van der Waals surface area contributed by atoms with E-state index >= 15 is 0 Å². The maximum Gasteiger partial charge on any atom is 0.0945 e. The van der Waals surface area contributed by atoms with Gasteiger partial charge in [0.15, 0.2) is 0 Å². The zero-order chi connectivity index (χ0) is 12.5. The van der Waals surface area contributed by atoms with Gasteiger partial charge >= 0.3 is 0 Å². The predicted molar refractivity (Wildman–Crippen MR) is 79.4 cm³/mol. The average molecular weight is 349 g/mol. The van der Waals surface area contributed by atoms with Gasteiger partial charge in [0.1, 0.15) is 0 Å². The lowest BCUT2D eigenvalue weighted by molar-refractivity contribution is 0.0422. The maximum atomic E-state index is 9.69. The first-order valence-corrected chi connectivity index (χ1v) is 7.05. The lowest BCUT2D eigenvalue weighted by Gasteiger charge is -2.13. The lowest BCUT2D eigenvalue weighted by Crippen LogP contribution is -2.25. The molecule has 0 spiro atoms. The maximum absolute atomic E-state index is 9.69. The fraction of sp³-hybridized carbons (Fsp3) is 0.538. The van der Waals surface area contributed by atoms with Crippen LogP contribution in [0, 0.1) is 3.57 Å². The Morgan fingerprint density at radius 3 is 3.00 bits per heavy atom. The van der Waals surface area contributed by atoms with Crippen LogP contribution in [0.3, 0.4) is 0 Å². The number of hydrogen-bond donors (Lipinski definition) is 2. The monoisotopic (exact) mass is 349 g/mol. The highest BCUT2D eigenvalue weighted by Gasteiger charge is 2.03. The average Bonchev–Trinajstić information content (AvgIpc) is 2.32. The van der Waals surface area contributed by atoms with E-state index in [1.165, 1.54) is 3.57 Å². The summed E-state index contributed by atoms with van der Waals surface area (Å²) in [6.07, 6.45) is 1.72. The molecule has 0 aliphatic rings. The second-order valence-electron chi connectivity index (χ2n) is 3.97.